The van der Waals surface area contributed by atoms with Crippen molar-refractivity contribution in [3.8, 4) is 0 Å². The van der Waals surface area contributed by atoms with E-state index in [2.05, 4.69) is 0 Å². The lowest BCUT2D eigenvalue weighted by Gasteiger charge is -2.39. The van der Waals surface area contributed by atoms with Gasteiger partial charge < -0.3 is 9.80 Å². The predicted molar refractivity (Wildman–Crippen MR) is 101 cm³/mol. The Morgan fingerprint density at radius 3 is 2.46 bits per heavy atom. The maximum Gasteiger partial charge on any atom is 0.256 e. The Morgan fingerprint density at radius 1 is 1.08 bits per heavy atom. The molecule has 0 spiro atoms. The van der Waals surface area contributed by atoms with E-state index in [0.717, 1.165) is 0 Å². The van der Waals surface area contributed by atoms with Crippen LogP contribution in [-0.2, 0) is 4.79 Å². The predicted octanol–water partition coefficient (Wildman–Crippen LogP) is 4.66. The van der Waals surface area contributed by atoms with E-state index >= 15 is 0 Å². The molecule has 1 aliphatic rings. The molecule has 0 aliphatic carbocycles. The molecule has 1 unspecified atom stereocenters. The van der Waals surface area contributed by atoms with Crippen LogP contribution in [-0.4, -0.2) is 35.8 Å². The van der Waals surface area contributed by atoms with Crippen molar-refractivity contribution in [3.63, 3.8) is 0 Å². The summed E-state index contributed by atoms with van der Waals surface area (Å²) in [5.74, 6) is -1.18. The first-order chi connectivity index (χ1) is 12.3. The highest BCUT2D eigenvalue weighted by molar-refractivity contribution is 6.36. The van der Waals surface area contributed by atoms with E-state index in [1.54, 1.807) is 13.0 Å². The molecule has 8 heteroatoms. The lowest BCUT2D eigenvalue weighted by atomic mass is 10.1. The van der Waals surface area contributed by atoms with Gasteiger partial charge in [0.15, 0.2) is 0 Å². The van der Waals surface area contributed by atoms with E-state index in [1.165, 1.54) is 40.1 Å². The molecule has 3 rings (SSSR count). The zero-order valence-corrected chi connectivity index (χ0v) is 15.9. The number of nitrogens with zero attached hydrogens (tertiary/aromatic N) is 2. The number of carbonyl (C=O) groups excluding carboxylic acids is 2. The molecule has 136 valence electrons. The zero-order chi connectivity index (χ0) is 19.0. The van der Waals surface area contributed by atoms with Gasteiger partial charge in [-0.2, -0.15) is 0 Å². The summed E-state index contributed by atoms with van der Waals surface area (Å²) < 4.78 is 13.4. The van der Waals surface area contributed by atoms with E-state index in [4.69, 9.17) is 34.8 Å². The van der Waals surface area contributed by atoms with Gasteiger partial charge in [0.2, 0.25) is 5.91 Å². The number of hydrogen-bond donors (Lipinski definition) is 0. The minimum absolute atomic E-state index is 0.0607. The maximum absolute atomic E-state index is 13.4. The number of amides is 2. The molecule has 1 aliphatic heterocycles. The van der Waals surface area contributed by atoms with Gasteiger partial charge in [0.05, 0.1) is 15.6 Å². The first-order valence-electron chi connectivity index (χ1n) is 7.82. The van der Waals surface area contributed by atoms with Crippen LogP contribution in [0, 0.1) is 5.82 Å². The molecule has 1 heterocycles. The molecule has 1 fully saturated rings. The average molecular weight is 416 g/mol. The van der Waals surface area contributed by atoms with Gasteiger partial charge in [0.25, 0.3) is 5.91 Å². The molecule has 1 atom stereocenters. The third-order valence-corrected chi connectivity index (χ3v) is 5.13. The molecule has 1 saturated heterocycles. The molecular formula is C18H14Cl3FN2O2. The fourth-order valence-corrected chi connectivity index (χ4v) is 3.54. The number of piperazine rings is 1. The van der Waals surface area contributed by atoms with E-state index in [9.17, 15) is 14.0 Å². The second-order valence-corrected chi connectivity index (χ2v) is 7.14. The second kappa shape index (κ2) is 7.43. The van der Waals surface area contributed by atoms with Crippen LogP contribution in [0.3, 0.4) is 0 Å². The lowest BCUT2D eigenvalue weighted by molar-refractivity contribution is -0.124. The summed E-state index contributed by atoms with van der Waals surface area (Å²) in [5, 5.41) is 0.595. The Kier molecular flexibility index (Phi) is 5.42. The Hall–Kier alpha value is -1.82. The normalized spacial score (nSPS) is 17.6. The highest BCUT2D eigenvalue weighted by Gasteiger charge is 2.36. The second-order valence-electron chi connectivity index (χ2n) is 5.89. The third kappa shape index (κ3) is 3.52. The fourth-order valence-electron chi connectivity index (χ4n) is 2.87. The zero-order valence-electron chi connectivity index (χ0n) is 13.7. The fraction of sp³-hybridized carbons (Fsp3) is 0.222. The number of halogens is 4. The van der Waals surface area contributed by atoms with Crippen molar-refractivity contribution < 1.29 is 14.0 Å². The Labute approximate surface area is 165 Å². The van der Waals surface area contributed by atoms with Crippen LogP contribution in [0.1, 0.15) is 17.3 Å². The van der Waals surface area contributed by atoms with Crippen molar-refractivity contribution in [3.05, 3.63) is 62.8 Å². The Morgan fingerprint density at radius 2 is 1.81 bits per heavy atom. The van der Waals surface area contributed by atoms with Crippen LogP contribution >= 0.6 is 34.8 Å². The summed E-state index contributed by atoms with van der Waals surface area (Å²) in [7, 11) is 0. The smallest absolute Gasteiger partial charge is 0.256 e. The standard InChI is InChI=1S/C18H14Cl3FN2O2/c1-10-17(25)24(12-3-5-16(22)15(21)9-12)7-6-23(10)18(26)13-4-2-11(19)8-14(13)20/h2-5,8-10H,6-7H2,1H3. The van der Waals surface area contributed by atoms with Crippen LogP contribution in [0.5, 0.6) is 0 Å². The molecular weight excluding hydrogens is 402 g/mol. The topological polar surface area (TPSA) is 40.6 Å². The minimum atomic E-state index is -0.702. The molecule has 2 aromatic rings. The molecule has 0 radical (unpaired) electrons. The highest BCUT2D eigenvalue weighted by Crippen LogP contribution is 2.28. The van der Waals surface area contributed by atoms with Gasteiger partial charge >= 0.3 is 0 Å². The molecule has 0 N–H and O–H groups in total. The van der Waals surface area contributed by atoms with E-state index in [-0.39, 0.29) is 34.0 Å². The van der Waals surface area contributed by atoms with Crippen molar-refractivity contribution in [2.24, 2.45) is 0 Å². The van der Waals surface area contributed by atoms with Gasteiger partial charge in [-0.1, -0.05) is 34.8 Å². The number of rotatable bonds is 2. The van der Waals surface area contributed by atoms with E-state index in [1.807, 2.05) is 0 Å². The summed E-state index contributed by atoms with van der Waals surface area (Å²) in [6.45, 7) is 2.21. The summed E-state index contributed by atoms with van der Waals surface area (Å²) in [6.07, 6.45) is 0. The first-order valence-corrected chi connectivity index (χ1v) is 8.95. The monoisotopic (exact) mass is 414 g/mol. The maximum atomic E-state index is 13.4. The molecule has 26 heavy (non-hydrogen) atoms. The summed E-state index contributed by atoms with van der Waals surface area (Å²) >= 11 is 17.8. The van der Waals surface area contributed by atoms with Crippen molar-refractivity contribution in [2.75, 3.05) is 18.0 Å². The third-order valence-electron chi connectivity index (χ3n) is 4.29. The van der Waals surface area contributed by atoms with Gasteiger partial charge in [-0.15, -0.1) is 0 Å². The van der Waals surface area contributed by atoms with Crippen molar-refractivity contribution in [2.45, 2.75) is 13.0 Å². The van der Waals surface area contributed by atoms with Gasteiger partial charge in [-0.3, -0.25) is 9.59 Å². The summed E-state index contributed by atoms with van der Waals surface area (Å²) in [4.78, 5) is 28.5. The SMILES string of the molecule is CC1C(=O)N(c2ccc(F)c(Cl)c2)CCN1C(=O)c1ccc(Cl)cc1Cl. The van der Waals surface area contributed by atoms with Crippen molar-refractivity contribution in [1.82, 2.24) is 4.90 Å². The molecule has 2 amide bonds. The van der Waals surface area contributed by atoms with Crippen LogP contribution in [0.2, 0.25) is 15.1 Å². The van der Waals surface area contributed by atoms with Gasteiger partial charge in [-0.05, 0) is 43.3 Å². The minimum Gasteiger partial charge on any atom is -0.325 e. The van der Waals surface area contributed by atoms with Gasteiger partial charge in [0, 0.05) is 23.8 Å². The summed E-state index contributed by atoms with van der Waals surface area (Å²) in [6, 6.07) is 7.99. The highest BCUT2D eigenvalue weighted by atomic mass is 35.5. The number of benzene rings is 2. The first kappa shape index (κ1) is 19.0. The van der Waals surface area contributed by atoms with Crippen LogP contribution in [0.4, 0.5) is 10.1 Å². The van der Waals surface area contributed by atoms with E-state index < -0.39 is 11.9 Å². The number of anilines is 1. The molecule has 4 nitrogen and oxygen atoms in total. The number of hydrogen-bond acceptors (Lipinski definition) is 2. The Balaban J connectivity index is 1.83. The number of carbonyl (C=O) groups is 2. The lowest BCUT2D eigenvalue weighted by Crippen LogP contribution is -2.57. The van der Waals surface area contributed by atoms with E-state index in [0.29, 0.717) is 17.3 Å². The van der Waals surface area contributed by atoms with Crippen LogP contribution in [0.15, 0.2) is 36.4 Å². The Bertz CT molecular complexity index is 891. The average Bonchev–Trinajstić information content (AvgIpc) is 2.59. The molecule has 0 bridgehead atoms. The summed E-state index contributed by atoms with van der Waals surface area (Å²) in [5.41, 5.74) is 0.777. The van der Waals surface area contributed by atoms with Crippen molar-refractivity contribution >= 4 is 52.3 Å². The van der Waals surface area contributed by atoms with Gasteiger partial charge in [-0.25, -0.2) is 4.39 Å². The van der Waals surface area contributed by atoms with Crippen LogP contribution in [0.25, 0.3) is 0 Å². The molecule has 2 aromatic carbocycles. The quantitative estimate of drug-likeness (QED) is 0.715. The van der Waals surface area contributed by atoms with Gasteiger partial charge in [0.1, 0.15) is 11.9 Å². The van der Waals surface area contributed by atoms with Crippen molar-refractivity contribution in [1.29, 1.82) is 0 Å². The molecule has 0 saturated carbocycles. The molecule has 0 aromatic heterocycles. The largest absolute Gasteiger partial charge is 0.325 e. The van der Waals surface area contributed by atoms with Crippen LogP contribution < -0.4 is 4.90 Å².